The standard InChI is InChI=1S/C16H25N3O/c1-13-6-7-14(12-15(13)17)16(20)18-8-2-3-9-19-10-4-5-11-19/h6-7,12H,2-5,8-11,17H2,1H3,(H,18,20). The van der Waals surface area contributed by atoms with E-state index in [1.165, 1.54) is 25.9 Å². The minimum Gasteiger partial charge on any atom is -0.398 e. The number of nitrogens with two attached hydrogens (primary N) is 1. The molecular weight excluding hydrogens is 250 g/mol. The number of likely N-dealkylation sites (tertiary alicyclic amines) is 1. The molecule has 0 radical (unpaired) electrons. The van der Waals surface area contributed by atoms with E-state index in [1.54, 1.807) is 6.07 Å². The number of nitrogens with zero attached hydrogens (tertiary/aromatic N) is 1. The van der Waals surface area contributed by atoms with Gasteiger partial charge in [0.1, 0.15) is 0 Å². The third-order valence-electron chi connectivity index (χ3n) is 3.93. The lowest BCUT2D eigenvalue weighted by molar-refractivity contribution is 0.0952. The van der Waals surface area contributed by atoms with E-state index in [9.17, 15) is 4.79 Å². The second-order valence-corrected chi connectivity index (χ2v) is 5.58. The van der Waals surface area contributed by atoms with Crippen LogP contribution in [0.4, 0.5) is 5.69 Å². The Kier molecular flexibility index (Phi) is 5.41. The van der Waals surface area contributed by atoms with E-state index in [2.05, 4.69) is 10.2 Å². The summed E-state index contributed by atoms with van der Waals surface area (Å²) in [6, 6.07) is 5.46. The molecule has 1 aliphatic rings. The maximum Gasteiger partial charge on any atom is 0.251 e. The fourth-order valence-electron chi connectivity index (χ4n) is 2.55. The van der Waals surface area contributed by atoms with Gasteiger partial charge < -0.3 is 16.0 Å². The van der Waals surface area contributed by atoms with Crippen molar-refractivity contribution >= 4 is 11.6 Å². The zero-order valence-electron chi connectivity index (χ0n) is 12.3. The van der Waals surface area contributed by atoms with Crippen molar-refractivity contribution in [2.45, 2.75) is 32.6 Å². The Morgan fingerprint density at radius 2 is 2.05 bits per heavy atom. The number of rotatable bonds is 6. The van der Waals surface area contributed by atoms with E-state index in [-0.39, 0.29) is 5.91 Å². The maximum absolute atomic E-state index is 12.0. The summed E-state index contributed by atoms with van der Waals surface area (Å²) in [6.45, 7) is 6.33. The summed E-state index contributed by atoms with van der Waals surface area (Å²) in [6.07, 6.45) is 4.86. The van der Waals surface area contributed by atoms with Gasteiger partial charge >= 0.3 is 0 Å². The number of hydrogen-bond acceptors (Lipinski definition) is 3. The highest BCUT2D eigenvalue weighted by atomic mass is 16.1. The summed E-state index contributed by atoms with van der Waals surface area (Å²) < 4.78 is 0. The Balaban J connectivity index is 1.65. The Hall–Kier alpha value is -1.55. The maximum atomic E-state index is 12.0. The van der Waals surface area contributed by atoms with Gasteiger partial charge in [-0.3, -0.25) is 4.79 Å². The molecule has 4 heteroatoms. The van der Waals surface area contributed by atoms with E-state index in [0.29, 0.717) is 11.3 Å². The minimum absolute atomic E-state index is 0.0297. The van der Waals surface area contributed by atoms with Gasteiger partial charge in [0.2, 0.25) is 0 Å². The van der Waals surface area contributed by atoms with E-state index in [4.69, 9.17) is 5.73 Å². The second kappa shape index (κ2) is 7.29. The number of aryl methyl sites for hydroxylation is 1. The van der Waals surface area contributed by atoms with E-state index in [1.807, 2.05) is 19.1 Å². The molecule has 1 aliphatic heterocycles. The number of carbonyl (C=O) groups excluding carboxylic acids is 1. The Morgan fingerprint density at radius 1 is 1.30 bits per heavy atom. The number of nitrogens with one attached hydrogen (secondary N) is 1. The molecule has 1 fully saturated rings. The number of carbonyl (C=O) groups is 1. The number of amides is 1. The summed E-state index contributed by atoms with van der Waals surface area (Å²) in [5, 5.41) is 2.96. The molecule has 4 nitrogen and oxygen atoms in total. The van der Waals surface area contributed by atoms with Gasteiger partial charge in [-0.05, 0) is 69.9 Å². The van der Waals surface area contributed by atoms with Crippen LogP contribution >= 0.6 is 0 Å². The van der Waals surface area contributed by atoms with Crippen LogP contribution < -0.4 is 11.1 Å². The normalized spacial score (nSPS) is 15.4. The van der Waals surface area contributed by atoms with Crippen LogP contribution in [-0.2, 0) is 0 Å². The van der Waals surface area contributed by atoms with Crippen molar-refractivity contribution in [3.63, 3.8) is 0 Å². The highest BCUT2D eigenvalue weighted by Crippen LogP contribution is 2.12. The topological polar surface area (TPSA) is 58.4 Å². The molecule has 1 aromatic carbocycles. The lowest BCUT2D eigenvalue weighted by Crippen LogP contribution is -2.26. The fourth-order valence-corrected chi connectivity index (χ4v) is 2.55. The molecule has 0 spiro atoms. The summed E-state index contributed by atoms with van der Waals surface area (Å²) in [7, 11) is 0. The highest BCUT2D eigenvalue weighted by molar-refractivity contribution is 5.95. The molecule has 1 amide bonds. The first-order chi connectivity index (χ1) is 9.66. The summed E-state index contributed by atoms with van der Waals surface area (Å²) in [5.74, 6) is -0.0297. The molecule has 110 valence electrons. The smallest absolute Gasteiger partial charge is 0.251 e. The molecule has 0 aromatic heterocycles. The van der Waals surface area contributed by atoms with Gasteiger partial charge in [0.15, 0.2) is 0 Å². The van der Waals surface area contributed by atoms with Crippen molar-refractivity contribution in [3.05, 3.63) is 29.3 Å². The Labute approximate surface area is 121 Å². The van der Waals surface area contributed by atoms with E-state index in [0.717, 1.165) is 31.5 Å². The molecule has 1 saturated heterocycles. The lowest BCUT2D eigenvalue weighted by atomic mass is 10.1. The molecule has 0 aliphatic carbocycles. The van der Waals surface area contributed by atoms with Crippen molar-refractivity contribution in [3.8, 4) is 0 Å². The minimum atomic E-state index is -0.0297. The van der Waals surface area contributed by atoms with Crippen LogP contribution in [0.25, 0.3) is 0 Å². The first-order valence-corrected chi connectivity index (χ1v) is 7.53. The van der Waals surface area contributed by atoms with Gasteiger partial charge in [0, 0.05) is 17.8 Å². The van der Waals surface area contributed by atoms with Gasteiger partial charge in [-0.25, -0.2) is 0 Å². The first-order valence-electron chi connectivity index (χ1n) is 7.53. The number of unbranched alkanes of at least 4 members (excludes halogenated alkanes) is 1. The van der Waals surface area contributed by atoms with Gasteiger partial charge in [-0.1, -0.05) is 6.07 Å². The van der Waals surface area contributed by atoms with Crippen molar-refractivity contribution in [2.75, 3.05) is 31.9 Å². The molecule has 20 heavy (non-hydrogen) atoms. The van der Waals surface area contributed by atoms with E-state index >= 15 is 0 Å². The van der Waals surface area contributed by atoms with Crippen molar-refractivity contribution < 1.29 is 4.79 Å². The lowest BCUT2D eigenvalue weighted by Gasteiger charge is -2.14. The van der Waals surface area contributed by atoms with Gasteiger partial charge in [0.05, 0.1) is 0 Å². The van der Waals surface area contributed by atoms with Gasteiger partial charge in [-0.2, -0.15) is 0 Å². The molecular formula is C16H25N3O. The van der Waals surface area contributed by atoms with Crippen LogP contribution in [0.1, 0.15) is 41.6 Å². The van der Waals surface area contributed by atoms with E-state index < -0.39 is 0 Å². The molecule has 0 bridgehead atoms. The number of hydrogen-bond donors (Lipinski definition) is 2. The first kappa shape index (κ1) is 14.9. The molecule has 0 saturated carbocycles. The average Bonchev–Trinajstić information content (AvgIpc) is 2.94. The Morgan fingerprint density at radius 3 is 2.75 bits per heavy atom. The monoisotopic (exact) mass is 275 g/mol. The van der Waals surface area contributed by atoms with Gasteiger partial charge in [0.25, 0.3) is 5.91 Å². The average molecular weight is 275 g/mol. The molecule has 0 atom stereocenters. The zero-order chi connectivity index (χ0) is 14.4. The molecule has 0 unspecified atom stereocenters. The predicted octanol–water partition coefficient (Wildman–Crippen LogP) is 2.18. The molecule has 1 aromatic rings. The number of nitrogen functional groups attached to an aromatic ring is 1. The molecule has 2 rings (SSSR count). The van der Waals surface area contributed by atoms with Gasteiger partial charge in [-0.15, -0.1) is 0 Å². The van der Waals surface area contributed by atoms with Crippen LogP contribution in [0.15, 0.2) is 18.2 Å². The SMILES string of the molecule is Cc1ccc(C(=O)NCCCCN2CCCC2)cc1N. The second-order valence-electron chi connectivity index (χ2n) is 5.58. The Bertz CT molecular complexity index is 453. The third-order valence-corrected chi connectivity index (χ3v) is 3.93. The molecule has 1 heterocycles. The highest BCUT2D eigenvalue weighted by Gasteiger charge is 2.10. The van der Waals surface area contributed by atoms with Crippen molar-refractivity contribution in [1.29, 1.82) is 0 Å². The van der Waals surface area contributed by atoms with Crippen molar-refractivity contribution in [1.82, 2.24) is 10.2 Å². The quantitative estimate of drug-likeness (QED) is 0.618. The number of anilines is 1. The third kappa shape index (κ3) is 4.23. The summed E-state index contributed by atoms with van der Waals surface area (Å²) in [4.78, 5) is 14.5. The number of benzene rings is 1. The van der Waals surface area contributed by atoms with Crippen LogP contribution in [0, 0.1) is 6.92 Å². The van der Waals surface area contributed by atoms with Crippen LogP contribution in [0.3, 0.4) is 0 Å². The fraction of sp³-hybridized carbons (Fsp3) is 0.562. The largest absolute Gasteiger partial charge is 0.398 e. The van der Waals surface area contributed by atoms with Crippen LogP contribution in [-0.4, -0.2) is 37.0 Å². The summed E-state index contributed by atoms with van der Waals surface area (Å²) >= 11 is 0. The predicted molar refractivity (Wildman–Crippen MR) is 82.8 cm³/mol. The van der Waals surface area contributed by atoms with Crippen LogP contribution in [0.5, 0.6) is 0 Å². The summed E-state index contributed by atoms with van der Waals surface area (Å²) in [5.41, 5.74) is 8.14. The zero-order valence-corrected chi connectivity index (χ0v) is 12.3. The molecule has 3 N–H and O–H groups in total. The van der Waals surface area contributed by atoms with Crippen molar-refractivity contribution in [2.24, 2.45) is 0 Å². The van der Waals surface area contributed by atoms with Crippen LogP contribution in [0.2, 0.25) is 0 Å².